The van der Waals surface area contributed by atoms with Crippen LogP contribution in [0.3, 0.4) is 0 Å². The average Bonchev–Trinajstić information content (AvgIpc) is 3.37. The van der Waals surface area contributed by atoms with Crippen molar-refractivity contribution in [1.29, 1.82) is 0 Å². The van der Waals surface area contributed by atoms with Gasteiger partial charge in [0.05, 0.1) is 24.0 Å². The predicted molar refractivity (Wildman–Crippen MR) is 147 cm³/mol. The first-order valence-electron chi connectivity index (χ1n) is 12.7. The molecule has 0 bridgehead atoms. The molecule has 4 aromatic rings. The maximum absolute atomic E-state index is 13.3. The van der Waals surface area contributed by atoms with Crippen molar-refractivity contribution in [3.63, 3.8) is 0 Å². The van der Waals surface area contributed by atoms with E-state index in [2.05, 4.69) is 36.6 Å². The lowest BCUT2D eigenvalue weighted by molar-refractivity contribution is -0.116. The normalized spacial score (nSPS) is 13.7. The molecule has 39 heavy (non-hydrogen) atoms. The number of hydrogen-bond acceptors (Lipinski definition) is 8. The molecule has 1 aliphatic rings. The summed E-state index contributed by atoms with van der Waals surface area (Å²) < 4.78 is 20.8. The van der Waals surface area contributed by atoms with Crippen LogP contribution in [-0.2, 0) is 11.3 Å². The number of fused-ring (bicyclic) bond motifs is 1. The topological polar surface area (TPSA) is 100 Å². The zero-order valence-electron chi connectivity index (χ0n) is 21.4. The third-order valence-electron chi connectivity index (χ3n) is 6.36. The van der Waals surface area contributed by atoms with Gasteiger partial charge >= 0.3 is 0 Å². The summed E-state index contributed by atoms with van der Waals surface area (Å²) in [6, 6.07) is 14.2. The number of carbonyl (C=O) groups is 1. The summed E-state index contributed by atoms with van der Waals surface area (Å²) >= 11 is 0. The van der Waals surface area contributed by atoms with Crippen molar-refractivity contribution < 1.29 is 13.9 Å². The Bertz CT molecular complexity index is 1480. The van der Waals surface area contributed by atoms with Crippen molar-refractivity contribution in [3.05, 3.63) is 67.0 Å². The summed E-state index contributed by atoms with van der Waals surface area (Å²) in [5.74, 6) is 0.630. The Labute approximate surface area is 225 Å². The Hall–Kier alpha value is -4.69. The lowest BCUT2D eigenvalue weighted by Crippen LogP contribution is -2.44. The number of rotatable bonds is 10. The van der Waals surface area contributed by atoms with Gasteiger partial charge in [-0.15, -0.1) is 0 Å². The minimum atomic E-state index is -0.416. The zero-order chi connectivity index (χ0) is 27.0. The highest BCUT2D eigenvalue weighted by atomic mass is 19.1. The molecule has 0 spiro atoms. The molecule has 0 saturated carbocycles. The Balaban J connectivity index is 1.13. The number of halogens is 1. The van der Waals surface area contributed by atoms with Crippen molar-refractivity contribution in [2.24, 2.45) is 0 Å². The summed E-state index contributed by atoms with van der Waals surface area (Å²) in [6.07, 6.45) is 11.2. The second kappa shape index (κ2) is 12.2. The zero-order valence-corrected chi connectivity index (χ0v) is 21.4. The van der Waals surface area contributed by atoms with Crippen LogP contribution in [0.4, 0.5) is 21.6 Å². The SMILES string of the molecule is C#CN1CCN(CCCOc2ccc3c(Nc4cnn(CC(=O)Nc5cccc(F)c5)c4)ncnc3c2)CC1. The van der Waals surface area contributed by atoms with Crippen LogP contribution in [0, 0.1) is 18.3 Å². The molecule has 10 nitrogen and oxygen atoms in total. The number of carbonyl (C=O) groups excluding carboxylic acids is 1. The number of piperazine rings is 1. The molecule has 2 N–H and O–H groups in total. The third-order valence-corrected chi connectivity index (χ3v) is 6.36. The number of aromatic nitrogens is 4. The van der Waals surface area contributed by atoms with Crippen LogP contribution < -0.4 is 15.4 Å². The first kappa shape index (κ1) is 25.9. The highest BCUT2D eigenvalue weighted by Crippen LogP contribution is 2.26. The maximum Gasteiger partial charge on any atom is 0.246 e. The minimum absolute atomic E-state index is 0.0233. The second-order valence-electron chi connectivity index (χ2n) is 9.17. The molecule has 3 heterocycles. The molecule has 200 valence electrons. The van der Waals surface area contributed by atoms with Crippen LogP contribution in [0.5, 0.6) is 5.75 Å². The van der Waals surface area contributed by atoms with E-state index in [4.69, 9.17) is 11.2 Å². The number of benzene rings is 2. The molecule has 2 aromatic heterocycles. The van der Waals surface area contributed by atoms with Crippen molar-refractivity contribution >= 4 is 34.0 Å². The molecule has 1 amide bonds. The monoisotopic (exact) mass is 528 g/mol. The summed E-state index contributed by atoms with van der Waals surface area (Å²) in [7, 11) is 0. The fraction of sp³-hybridized carbons (Fsp3) is 0.286. The van der Waals surface area contributed by atoms with E-state index in [1.54, 1.807) is 18.5 Å². The molecule has 2 aromatic carbocycles. The van der Waals surface area contributed by atoms with Crippen molar-refractivity contribution in [2.45, 2.75) is 13.0 Å². The van der Waals surface area contributed by atoms with E-state index in [-0.39, 0.29) is 12.5 Å². The molecule has 0 radical (unpaired) electrons. The van der Waals surface area contributed by atoms with Crippen LogP contribution in [0.25, 0.3) is 10.9 Å². The third kappa shape index (κ3) is 7.00. The van der Waals surface area contributed by atoms with Crippen molar-refractivity contribution in [3.8, 4) is 18.2 Å². The van der Waals surface area contributed by atoms with Gasteiger partial charge in [0.2, 0.25) is 5.91 Å². The number of hydrogen-bond donors (Lipinski definition) is 2. The molecule has 0 aliphatic carbocycles. The quantitative estimate of drug-likeness (QED) is 0.239. The summed E-state index contributed by atoms with van der Waals surface area (Å²) in [5, 5.41) is 10.9. The minimum Gasteiger partial charge on any atom is -0.493 e. The second-order valence-corrected chi connectivity index (χ2v) is 9.17. The van der Waals surface area contributed by atoms with Gasteiger partial charge in [0, 0.05) is 62.1 Å². The Morgan fingerprint density at radius 1 is 1.10 bits per heavy atom. The maximum atomic E-state index is 13.3. The lowest BCUT2D eigenvalue weighted by Gasteiger charge is -2.32. The van der Waals surface area contributed by atoms with Gasteiger partial charge < -0.3 is 20.3 Å². The van der Waals surface area contributed by atoms with E-state index in [0.717, 1.165) is 55.8 Å². The van der Waals surface area contributed by atoms with E-state index < -0.39 is 5.82 Å². The number of nitrogens with one attached hydrogen (secondary N) is 2. The van der Waals surface area contributed by atoms with Gasteiger partial charge in [0.15, 0.2) is 0 Å². The number of nitrogens with zero attached hydrogens (tertiary/aromatic N) is 6. The van der Waals surface area contributed by atoms with Crippen LogP contribution in [0.1, 0.15) is 6.42 Å². The molecule has 1 saturated heterocycles. The van der Waals surface area contributed by atoms with Gasteiger partial charge in [-0.05, 0) is 36.8 Å². The molecule has 1 fully saturated rings. The van der Waals surface area contributed by atoms with Crippen LogP contribution in [0.15, 0.2) is 61.2 Å². The molecule has 1 aliphatic heterocycles. The molecule has 0 unspecified atom stereocenters. The first-order chi connectivity index (χ1) is 19.1. The van der Waals surface area contributed by atoms with Crippen molar-refractivity contribution in [2.75, 3.05) is 50.0 Å². The Morgan fingerprint density at radius 3 is 2.79 bits per heavy atom. The smallest absolute Gasteiger partial charge is 0.246 e. The average molecular weight is 529 g/mol. The van der Waals surface area contributed by atoms with E-state index in [1.165, 1.54) is 29.2 Å². The van der Waals surface area contributed by atoms with Gasteiger partial charge in [0.25, 0.3) is 0 Å². The number of anilines is 3. The van der Waals surface area contributed by atoms with E-state index in [0.29, 0.717) is 23.8 Å². The van der Waals surface area contributed by atoms with Gasteiger partial charge in [-0.3, -0.25) is 14.4 Å². The van der Waals surface area contributed by atoms with Gasteiger partial charge in [-0.25, -0.2) is 14.4 Å². The van der Waals surface area contributed by atoms with Crippen LogP contribution in [0.2, 0.25) is 0 Å². The van der Waals surface area contributed by atoms with E-state index in [9.17, 15) is 9.18 Å². The number of amides is 1. The molecular weight excluding hydrogens is 499 g/mol. The highest BCUT2D eigenvalue weighted by Gasteiger charge is 2.14. The number of ether oxygens (including phenoxy) is 1. The Kier molecular flexibility index (Phi) is 8.14. The fourth-order valence-electron chi connectivity index (χ4n) is 4.37. The Morgan fingerprint density at radius 2 is 1.97 bits per heavy atom. The van der Waals surface area contributed by atoms with Gasteiger partial charge in [0.1, 0.15) is 30.3 Å². The summed E-state index contributed by atoms with van der Waals surface area (Å²) in [4.78, 5) is 25.5. The molecular formula is C28H29FN8O2. The van der Waals surface area contributed by atoms with Crippen LogP contribution in [-0.4, -0.2) is 74.8 Å². The molecule has 5 rings (SSSR count). The highest BCUT2D eigenvalue weighted by molar-refractivity contribution is 5.92. The van der Waals surface area contributed by atoms with Gasteiger partial charge in [-0.2, -0.15) is 5.10 Å². The fourth-order valence-corrected chi connectivity index (χ4v) is 4.37. The first-order valence-corrected chi connectivity index (χ1v) is 12.7. The standard InChI is InChI=1S/C28H29FN8O2/c1-2-35-10-12-36(13-11-35)9-4-14-39-24-7-8-25-26(16-24)30-20-31-28(25)34-23-17-32-37(18-23)19-27(38)33-22-6-3-5-21(29)15-22/h1,3,5-8,15-18,20H,4,9-14,19H2,(H,33,38)(H,30,31,34). The molecule has 11 heteroatoms. The van der Waals surface area contributed by atoms with Crippen LogP contribution >= 0.6 is 0 Å². The predicted octanol–water partition coefficient (Wildman–Crippen LogP) is 3.32. The summed E-state index contributed by atoms with van der Waals surface area (Å²) in [6.45, 7) is 5.34. The van der Waals surface area contributed by atoms with Crippen molar-refractivity contribution in [1.82, 2.24) is 29.5 Å². The lowest BCUT2D eigenvalue weighted by atomic mass is 10.2. The van der Waals surface area contributed by atoms with Gasteiger partial charge in [-0.1, -0.05) is 12.5 Å². The summed E-state index contributed by atoms with van der Waals surface area (Å²) in [5.41, 5.74) is 1.80. The van der Waals surface area contributed by atoms with E-state index >= 15 is 0 Å². The largest absolute Gasteiger partial charge is 0.493 e. The van der Waals surface area contributed by atoms with E-state index in [1.807, 2.05) is 23.1 Å². The molecule has 0 atom stereocenters. The number of terminal acetylenes is 1.